The van der Waals surface area contributed by atoms with Gasteiger partial charge in [0.1, 0.15) is 16.9 Å². The van der Waals surface area contributed by atoms with E-state index >= 15 is 0 Å². The molecule has 116 valence electrons. The van der Waals surface area contributed by atoms with E-state index in [2.05, 4.69) is 9.46 Å². The molecule has 0 atom stereocenters. The van der Waals surface area contributed by atoms with E-state index in [9.17, 15) is 23.1 Å². The predicted molar refractivity (Wildman–Crippen MR) is 73.0 cm³/mol. The van der Waals surface area contributed by atoms with Crippen LogP contribution in [-0.2, 0) is 19.6 Å². The zero-order chi connectivity index (χ0) is 16.4. The van der Waals surface area contributed by atoms with Gasteiger partial charge in [-0.15, -0.1) is 0 Å². The van der Waals surface area contributed by atoms with Crippen molar-refractivity contribution in [2.45, 2.75) is 24.3 Å². The van der Waals surface area contributed by atoms with Gasteiger partial charge in [-0.25, -0.2) is 13.2 Å². The van der Waals surface area contributed by atoms with Crippen LogP contribution in [0.1, 0.15) is 24.2 Å². The van der Waals surface area contributed by atoms with Crippen molar-refractivity contribution in [2.75, 3.05) is 7.11 Å². The maximum atomic E-state index is 12.2. The van der Waals surface area contributed by atoms with Gasteiger partial charge in [0, 0.05) is 0 Å². The number of benzene rings is 1. The van der Waals surface area contributed by atoms with E-state index in [0.717, 1.165) is 25.3 Å². The molecule has 1 rings (SSSR count). The fourth-order valence-corrected chi connectivity index (χ4v) is 2.81. The molecule has 4 N–H and O–H groups in total. The molecule has 0 bridgehead atoms. The lowest BCUT2D eigenvalue weighted by atomic mass is 10.1. The number of nitrogens with one attached hydrogen (secondary N) is 1. The predicted octanol–water partition coefficient (Wildman–Crippen LogP) is -0.279. The normalized spacial score (nSPS) is 12.0. The number of carbonyl (C=O) groups excluding carboxylic acids is 2. The molecule has 0 saturated carbocycles. The summed E-state index contributed by atoms with van der Waals surface area (Å²) in [5.74, 6) is -2.17. The summed E-state index contributed by atoms with van der Waals surface area (Å²) in [6, 6.07) is 3.07. The molecule has 0 aromatic heterocycles. The molecular weight excluding hydrogens is 300 g/mol. The highest BCUT2D eigenvalue weighted by Crippen LogP contribution is 2.23. The van der Waals surface area contributed by atoms with Crippen LogP contribution >= 0.6 is 0 Å². The number of methoxy groups -OCH3 is 1. The van der Waals surface area contributed by atoms with Gasteiger partial charge in [-0.1, -0.05) is 0 Å². The molecule has 1 aromatic carbocycles. The summed E-state index contributed by atoms with van der Waals surface area (Å²) in [4.78, 5) is 22.3. The van der Waals surface area contributed by atoms with Gasteiger partial charge in [0.2, 0.25) is 15.9 Å². The van der Waals surface area contributed by atoms with Crippen LogP contribution in [0, 0.1) is 0 Å². The van der Waals surface area contributed by atoms with Gasteiger partial charge in [0.05, 0.1) is 12.0 Å². The Balaban J connectivity index is 3.28. The molecular formula is C12H16N2O6S. The van der Waals surface area contributed by atoms with Crippen molar-refractivity contribution < 1.29 is 27.9 Å². The zero-order valence-electron chi connectivity index (χ0n) is 11.7. The number of carbonyl (C=O) groups is 2. The minimum atomic E-state index is -4.11. The Hall–Kier alpha value is -2.13. The Morgan fingerprint density at radius 3 is 2.38 bits per heavy atom. The summed E-state index contributed by atoms with van der Waals surface area (Å²) in [5, 5.41) is 9.53. The number of nitrogens with two attached hydrogens (primary N) is 1. The minimum absolute atomic E-state index is 0.308. The fraction of sp³-hybridized carbons (Fsp3) is 0.333. The van der Waals surface area contributed by atoms with Crippen LogP contribution in [0.25, 0.3) is 0 Å². The van der Waals surface area contributed by atoms with Gasteiger partial charge >= 0.3 is 5.97 Å². The third-order valence-electron chi connectivity index (χ3n) is 2.69. The number of hydrogen-bond donors (Lipinski definition) is 3. The summed E-state index contributed by atoms with van der Waals surface area (Å²) in [6.45, 7) is 2.60. The van der Waals surface area contributed by atoms with E-state index < -0.39 is 33.2 Å². The molecule has 0 saturated heterocycles. The first-order chi connectivity index (χ1) is 9.51. The van der Waals surface area contributed by atoms with Crippen LogP contribution in [-0.4, -0.2) is 38.0 Å². The number of aromatic hydroxyl groups is 1. The molecule has 0 aliphatic carbocycles. The van der Waals surface area contributed by atoms with Gasteiger partial charge in [-0.3, -0.25) is 4.79 Å². The Bertz CT molecular complexity index is 681. The lowest BCUT2D eigenvalue weighted by Crippen LogP contribution is -2.52. The monoisotopic (exact) mass is 316 g/mol. The number of ether oxygens (including phenoxy) is 1. The summed E-state index contributed by atoms with van der Waals surface area (Å²) in [5.41, 5.74) is 3.28. The number of hydrogen-bond acceptors (Lipinski definition) is 6. The Labute approximate surface area is 122 Å². The van der Waals surface area contributed by atoms with E-state index in [1.807, 2.05) is 0 Å². The van der Waals surface area contributed by atoms with Crippen LogP contribution in [0.2, 0.25) is 0 Å². The van der Waals surface area contributed by atoms with E-state index in [0.29, 0.717) is 0 Å². The van der Waals surface area contributed by atoms with E-state index in [-0.39, 0.29) is 10.5 Å². The molecule has 0 radical (unpaired) electrons. The fourth-order valence-electron chi connectivity index (χ4n) is 1.40. The Morgan fingerprint density at radius 2 is 1.90 bits per heavy atom. The third-order valence-corrected chi connectivity index (χ3v) is 4.34. The Kier molecular flexibility index (Phi) is 4.59. The quantitative estimate of drug-likeness (QED) is 0.639. The molecule has 8 nitrogen and oxygen atoms in total. The average Bonchev–Trinajstić information content (AvgIpc) is 2.36. The van der Waals surface area contributed by atoms with Gasteiger partial charge in [0.25, 0.3) is 0 Å². The second kappa shape index (κ2) is 5.70. The number of phenolic OH excluding ortho intramolecular Hbond substituents is 1. The Morgan fingerprint density at radius 1 is 1.33 bits per heavy atom. The molecule has 0 spiro atoms. The summed E-state index contributed by atoms with van der Waals surface area (Å²) in [7, 11) is -3.02. The standard InChI is InChI=1S/C12H16N2O6S/c1-12(2,11(13)17)14-21(18,19)7-4-5-9(15)8(6-7)10(16)20-3/h4-6,14-15H,1-3H3,(H2,13,17). The zero-order valence-corrected chi connectivity index (χ0v) is 12.5. The lowest BCUT2D eigenvalue weighted by molar-refractivity contribution is -0.122. The van der Waals surface area contributed by atoms with Crippen molar-refractivity contribution in [2.24, 2.45) is 5.73 Å². The topological polar surface area (TPSA) is 136 Å². The maximum absolute atomic E-state index is 12.2. The first-order valence-corrected chi connectivity index (χ1v) is 7.25. The molecule has 1 amide bonds. The second-order valence-electron chi connectivity index (χ2n) is 4.77. The molecule has 21 heavy (non-hydrogen) atoms. The van der Waals surface area contributed by atoms with Crippen molar-refractivity contribution in [3.63, 3.8) is 0 Å². The first-order valence-electron chi connectivity index (χ1n) is 5.76. The highest BCUT2D eigenvalue weighted by Gasteiger charge is 2.32. The number of primary amides is 1. The summed E-state index contributed by atoms with van der Waals surface area (Å²) >= 11 is 0. The molecule has 0 unspecified atom stereocenters. The average molecular weight is 316 g/mol. The molecule has 0 heterocycles. The number of amides is 1. The number of sulfonamides is 1. The van der Waals surface area contributed by atoms with Crippen LogP contribution in [0.5, 0.6) is 5.75 Å². The van der Waals surface area contributed by atoms with Crippen LogP contribution in [0.4, 0.5) is 0 Å². The van der Waals surface area contributed by atoms with Crippen molar-refractivity contribution in [3.05, 3.63) is 23.8 Å². The van der Waals surface area contributed by atoms with Crippen molar-refractivity contribution >= 4 is 21.9 Å². The second-order valence-corrected chi connectivity index (χ2v) is 6.45. The first kappa shape index (κ1) is 16.9. The highest BCUT2D eigenvalue weighted by atomic mass is 32.2. The van der Waals surface area contributed by atoms with Crippen LogP contribution in [0.15, 0.2) is 23.1 Å². The van der Waals surface area contributed by atoms with Gasteiger partial charge in [0.15, 0.2) is 0 Å². The van der Waals surface area contributed by atoms with E-state index in [1.165, 1.54) is 13.8 Å². The van der Waals surface area contributed by atoms with Crippen LogP contribution < -0.4 is 10.5 Å². The number of esters is 1. The maximum Gasteiger partial charge on any atom is 0.341 e. The molecule has 0 aliphatic rings. The minimum Gasteiger partial charge on any atom is -0.507 e. The van der Waals surface area contributed by atoms with E-state index in [1.54, 1.807) is 0 Å². The summed E-state index contributed by atoms with van der Waals surface area (Å²) < 4.78 is 30.9. The largest absolute Gasteiger partial charge is 0.507 e. The highest BCUT2D eigenvalue weighted by molar-refractivity contribution is 7.89. The van der Waals surface area contributed by atoms with Crippen LogP contribution in [0.3, 0.4) is 0 Å². The van der Waals surface area contributed by atoms with Crippen molar-refractivity contribution in [1.82, 2.24) is 4.72 Å². The van der Waals surface area contributed by atoms with Crippen molar-refractivity contribution in [1.29, 1.82) is 0 Å². The summed E-state index contributed by atoms with van der Waals surface area (Å²) in [6.07, 6.45) is 0. The molecule has 0 aliphatic heterocycles. The van der Waals surface area contributed by atoms with E-state index in [4.69, 9.17) is 5.73 Å². The smallest absolute Gasteiger partial charge is 0.341 e. The van der Waals surface area contributed by atoms with Gasteiger partial charge in [-0.2, -0.15) is 4.72 Å². The van der Waals surface area contributed by atoms with Crippen molar-refractivity contribution in [3.8, 4) is 5.75 Å². The number of rotatable bonds is 5. The molecule has 0 fully saturated rings. The van der Waals surface area contributed by atoms with Gasteiger partial charge in [-0.05, 0) is 32.0 Å². The van der Waals surface area contributed by atoms with Gasteiger partial charge < -0.3 is 15.6 Å². The molecule has 9 heteroatoms. The lowest BCUT2D eigenvalue weighted by Gasteiger charge is -2.22. The SMILES string of the molecule is COC(=O)c1cc(S(=O)(=O)NC(C)(C)C(N)=O)ccc1O. The molecule has 1 aromatic rings. The number of phenols is 1. The third kappa shape index (κ3) is 3.70.